The van der Waals surface area contributed by atoms with Crippen molar-refractivity contribution in [3.8, 4) is 12.3 Å². The van der Waals surface area contributed by atoms with Gasteiger partial charge in [-0.05, 0) is 74.3 Å². The van der Waals surface area contributed by atoms with E-state index in [9.17, 15) is 28.0 Å². The van der Waals surface area contributed by atoms with Crippen LogP contribution in [0.15, 0.2) is 52.3 Å². The van der Waals surface area contributed by atoms with Gasteiger partial charge in [-0.2, -0.15) is 0 Å². The fraction of sp³-hybridized carbons (Fsp3) is 0.375. The van der Waals surface area contributed by atoms with Crippen LogP contribution in [0.2, 0.25) is 5.02 Å². The summed E-state index contributed by atoms with van der Waals surface area (Å²) in [6, 6.07) is 1.27. The molecule has 0 bridgehead atoms. The maximum atomic E-state index is 13.8. The summed E-state index contributed by atoms with van der Waals surface area (Å²) in [4.78, 5) is 54.8. The van der Waals surface area contributed by atoms with Gasteiger partial charge in [0, 0.05) is 24.7 Å². The number of rotatable bonds is 10. The molecule has 1 aromatic carbocycles. The zero-order valence-electron chi connectivity index (χ0n) is 25.7. The second-order valence-electron chi connectivity index (χ2n) is 11.8. The zero-order valence-corrected chi connectivity index (χ0v) is 26.5. The first kappa shape index (κ1) is 35.6. The molecule has 0 aliphatic heterocycles. The fourth-order valence-corrected chi connectivity index (χ4v) is 4.98. The molecule has 11 nitrogen and oxygen atoms in total. The molecule has 0 aromatic heterocycles. The highest BCUT2D eigenvalue weighted by Crippen LogP contribution is 2.50. The Morgan fingerprint density at radius 1 is 1.28 bits per heavy atom. The number of urea groups is 1. The van der Waals surface area contributed by atoms with Crippen molar-refractivity contribution in [1.29, 1.82) is 5.41 Å². The number of nitrogens with two attached hydrogens (primary N) is 1. The predicted molar refractivity (Wildman–Crippen MR) is 168 cm³/mol. The highest BCUT2D eigenvalue weighted by molar-refractivity contribution is 6.30. The number of amides is 3. The number of nitrogens with one attached hydrogen (secondary N) is 3. The van der Waals surface area contributed by atoms with Crippen molar-refractivity contribution in [3.05, 3.63) is 69.5 Å². The largest absolute Gasteiger partial charge is 0.460 e. The van der Waals surface area contributed by atoms with Crippen molar-refractivity contribution in [2.75, 3.05) is 13.1 Å². The van der Waals surface area contributed by atoms with Crippen LogP contribution in [0, 0.1) is 47.1 Å². The number of ketones is 1. The third-order valence-electron chi connectivity index (χ3n) is 7.17. The quantitative estimate of drug-likeness (QED) is 0.0747. The van der Waals surface area contributed by atoms with E-state index in [-0.39, 0.29) is 78.7 Å². The van der Waals surface area contributed by atoms with Gasteiger partial charge in [0.15, 0.2) is 11.6 Å². The number of nitrogens with zero attached hydrogens (tertiary/aromatic N) is 2. The van der Waals surface area contributed by atoms with Crippen LogP contribution in [-0.2, 0) is 25.5 Å². The van der Waals surface area contributed by atoms with Crippen LogP contribution in [0.3, 0.4) is 0 Å². The van der Waals surface area contributed by atoms with Gasteiger partial charge in [-0.1, -0.05) is 30.5 Å². The fourth-order valence-electron chi connectivity index (χ4n) is 4.75. The summed E-state index contributed by atoms with van der Waals surface area (Å²) in [7, 11) is 0. The number of carbonyl (C=O) groups is 4. The molecule has 0 spiro atoms. The summed E-state index contributed by atoms with van der Waals surface area (Å²) in [6.45, 7) is 6.90. The Morgan fingerprint density at radius 2 is 1.98 bits per heavy atom. The highest BCUT2D eigenvalue weighted by Gasteiger charge is 2.47. The van der Waals surface area contributed by atoms with Crippen molar-refractivity contribution in [2.24, 2.45) is 28.5 Å². The third kappa shape index (κ3) is 9.84. The molecule has 1 fully saturated rings. The molecule has 3 atom stereocenters. The van der Waals surface area contributed by atoms with Crippen LogP contribution in [0.25, 0.3) is 0 Å². The maximum Gasteiger partial charge on any atom is 0.324 e. The Labute approximate surface area is 270 Å². The number of benzene rings is 1. The molecule has 2 aliphatic rings. The summed E-state index contributed by atoms with van der Waals surface area (Å²) in [5.74, 6) is -1.41. The van der Waals surface area contributed by atoms with Crippen LogP contribution in [0.4, 0.5) is 13.6 Å². The summed E-state index contributed by atoms with van der Waals surface area (Å²) in [5.41, 5.74) is 6.03. The molecule has 0 saturated heterocycles. The Kier molecular flexibility index (Phi) is 11.6. The number of esters is 1. The molecule has 3 amide bonds. The van der Waals surface area contributed by atoms with E-state index in [4.69, 9.17) is 33.9 Å². The van der Waals surface area contributed by atoms with Gasteiger partial charge in [0.25, 0.3) is 0 Å². The van der Waals surface area contributed by atoms with Gasteiger partial charge in [0.1, 0.15) is 17.0 Å². The van der Waals surface area contributed by atoms with Crippen molar-refractivity contribution in [2.45, 2.75) is 46.1 Å². The Bertz CT molecular complexity index is 1580. The normalized spacial score (nSPS) is 20.2. The lowest BCUT2D eigenvalue weighted by Crippen LogP contribution is -2.49. The second kappa shape index (κ2) is 15.0. The van der Waals surface area contributed by atoms with Crippen LogP contribution in [0.5, 0.6) is 0 Å². The number of ether oxygens (including phenoxy) is 1. The van der Waals surface area contributed by atoms with Crippen LogP contribution in [0.1, 0.15) is 39.7 Å². The van der Waals surface area contributed by atoms with E-state index < -0.39 is 40.0 Å². The van der Waals surface area contributed by atoms with E-state index in [1.54, 1.807) is 20.8 Å². The van der Waals surface area contributed by atoms with Crippen molar-refractivity contribution in [1.82, 2.24) is 15.5 Å². The molecule has 14 heteroatoms. The van der Waals surface area contributed by atoms with Gasteiger partial charge in [-0.3, -0.25) is 30.4 Å². The minimum absolute atomic E-state index is 0.00610. The number of hydrogen-bond acceptors (Lipinski definition) is 8. The Balaban J connectivity index is 1.80. The molecule has 5 N–H and O–H groups in total. The van der Waals surface area contributed by atoms with Gasteiger partial charge in [0.05, 0.1) is 11.6 Å². The first-order valence-electron chi connectivity index (χ1n) is 14.2. The SMILES string of the molecule is C#CC(=N)CN(CCc1cc(F)c(F)c(Cl)c1)C(=O)NC(=NC1=C/C(=C/C2C(C)C2CC(=O)OC(C)(C)C)C(N)=CC1=O)NC=O. The molecule has 0 radical (unpaired) electrons. The molecule has 244 valence electrons. The molecule has 2 aliphatic carbocycles. The molecule has 0 heterocycles. The average molecular weight is 657 g/mol. The first-order valence-corrected chi connectivity index (χ1v) is 14.6. The second-order valence-corrected chi connectivity index (χ2v) is 12.2. The summed E-state index contributed by atoms with van der Waals surface area (Å²) >= 11 is 5.72. The Morgan fingerprint density at radius 3 is 2.59 bits per heavy atom. The zero-order chi connectivity index (χ0) is 34.3. The van der Waals surface area contributed by atoms with Gasteiger partial charge in [0.2, 0.25) is 18.2 Å². The number of guanidine groups is 1. The topological polar surface area (TPSA) is 167 Å². The number of carbonyl (C=O) groups excluding carboxylic acids is 4. The lowest BCUT2D eigenvalue weighted by molar-refractivity contribution is -0.155. The van der Waals surface area contributed by atoms with E-state index in [1.807, 2.05) is 13.0 Å². The monoisotopic (exact) mass is 656 g/mol. The lowest BCUT2D eigenvalue weighted by atomic mass is 10.0. The molecule has 1 saturated carbocycles. The molecule has 3 unspecified atom stereocenters. The van der Waals surface area contributed by atoms with Crippen LogP contribution in [-0.4, -0.2) is 59.5 Å². The van der Waals surface area contributed by atoms with E-state index in [2.05, 4.69) is 21.5 Å². The third-order valence-corrected chi connectivity index (χ3v) is 7.45. The molecule has 1 aromatic rings. The maximum absolute atomic E-state index is 13.8. The van der Waals surface area contributed by atoms with E-state index >= 15 is 0 Å². The highest BCUT2D eigenvalue weighted by atomic mass is 35.5. The first-order chi connectivity index (χ1) is 21.5. The molecule has 46 heavy (non-hydrogen) atoms. The summed E-state index contributed by atoms with van der Waals surface area (Å²) in [5, 5.41) is 12.0. The number of halogens is 3. The van der Waals surface area contributed by atoms with Crippen LogP contribution >= 0.6 is 11.6 Å². The smallest absolute Gasteiger partial charge is 0.324 e. The minimum Gasteiger partial charge on any atom is -0.460 e. The van der Waals surface area contributed by atoms with Crippen molar-refractivity contribution >= 4 is 47.5 Å². The number of hydrogen-bond donors (Lipinski definition) is 4. The average Bonchev–Trinajstić information content (AvgIpc) is 3.55. The summed E-state index contributed by atoms with van der Waals surface area (Å²) < 4.78 is 32.8. The standard InChI is InChI=1S/C32H35ClF2N6O5/c1-6-20(36)15-41(8-7-18-9-23(33)29(35)24(34)10-18)31(45)40-30(38-16-42)39-26-12-19(25(37)14-27(26)43)11-21-17(2)22(21)13-28(44)46-32(3,4)5/h1,9-12,14,16-17,21-22,36H,7-8,13,15,37H2,2-5H3,(H2,38,39,40,42,45)/b19-11-,36-20?. The van der Waals surface area contributed by atoms with Crippen molar-refractivity contribution < 1.29 is 32.7 Å². The Hall–Kier alpha value is -4.83. The van der Waals surface area contributed by atoms with Crippen molar-refractivity contribution in [3.63, 3.8) is 0 Å². The van der Waals surface area contributed by atoms with E-state index in [0.29, 0.717) is 5.57 Å². The van der Waals surface area contributed by atoms with Gasteiger partial charge >= 0.3 is 12.0 Å². The number of allylic oxidation sites excluding steroid dienone is 3. The van der Waals surface area contributed by atoms with E-state index in [0.717, 1.165) is 17.0 Å². The summed E-state index contributed by atoms with van der Waals surface area (Å²) in [6.07, 6.45) is 10.2. The molecule has 3 rings (SSSR count). The molecular formula is C32H35ClF2N6O5. The van der Waals surface area contributed by atoms with Gasteiger partial charge < -0.3 is 15.4 Å². The van der Waals surface area contributed by atoms with Gasteiger partial charge in [-0.15, -0.1) is 6.42 Å². The van der Waals surface area contributed by atoms with E-state index in [1.165, 1.54) is 12.1 Å². The lowest BCUT2D eigenvalue weighted by Gasteiger charge is -2.23. The predicted octanol–water partition coefficient (Wildman–Crippen LogP) is 3.78. The van der Waals surface area contributed by atoms with Gasteiger partial charge in [-0.25, -0.2) is 18.6 Å². The van der Waals surface area contributed by atoms with Crippen LogP contribution < -0.4 is 16.4 Å². The number of aliphatic imine (C=N–C) groups is 1. The number of terminal acetylenes is 1. The minimum atomic E-state index is -1.21. The molecular weight excluding hydrogens is 622 g/mol.